The maximum atomic E-state index is 5.28. The first-order chi connectivity index (χ1) is 6.27. The summed E-state index contributed by atoms with van der Waals surface area (Å²) in [7, 11) is 0. The van der Waals surface area contributed by atoms with Gasteiger partial charge in [-0.15, -0.1) is 6.42 Å². The van der Waals surface area contributed by atoms with E-state index in [-0.39, 0.29) is 0 Å². The maximum Gasteiger partial charge on any atom is 0.0791 e. The Balaban J connectivity index is 2.80. The van der Waals surface area contributed by atoms with Crippen molar-refractivity contribution in [1.29, 1.82) is 0 Å². The highest BCUT2D eigenvalue weighted by molar-refractivity contribution is 5.48. The number of aryl methyl sites for hydroxylation is 1. The van der Waals surface area contributed by atoms with Crippen LogP contribution in [0.25, 0.3) is 0 Å². The number of rotatable bonds is 3. The van der Waals surface area contributed by atoms with E-state index >= 15 is 0 Å². The second kappa shape index (κ2) is 4.57. The van der Waals surface area contributed by atoms with Gasteiger partial charge in [0.15, 0.2) is 0 Å². The molecule has 1 heteroatoms. The van der Waals surface area contributed by atoms with Crippen molar-refractivity contribution in [1.82, 2.24) is 0 Å². The molecule has 0 spiro atoms. The number of anilines is 1. The molecule has 0 saturated carbocycles. The molecule has 0 aromatic heterocycles. The Morgan fingerprint density at radius 1 is 1.31 bits per heavy atom. The fourth-order valence-electron chi connectivity index (χ4n) is 1.25. The van der Waals surface area contributed by atoms with Gasteiger partial charge in [0, 0.05) is 12.2 Å². The lowest BCUT2D eigenvalue weighted by Gasteiger charge is -2.20. The molecule has 0 N–H and O–H groups in total. The minimum Gasteiger partial charge on any atom is -0.361 e. The van der Waals surface area contributed by atoms with Gasteiger partial charge < -0.3 is 4.90 Å². The molecule has 0 amide bonds. The molecule has 0 aliphatic heterocycles. The van der Waals surface area contributed by atoms with Gasteiger partial charge in [-0.2, -0.15) is 0 Å². The Hall–Kier alpha value is -1.42. The van der Waals surface area contributed by atoms with E-state index in [9.17, 15) is 0 Å². The van der Waals surface area contributed by atoms with E-state index in [2.05, 4.69) is 48.9 Å². The smallest absolute Gasteiger partial charge is 0.0791 e. The second-order valence-electron chi connectivity index (χ2n) is 3.05. The van der Waals surface area contributed by atoms with Gasteiger partial charge in [-0.1, -0.05) is 23.6 Å². The summed E-state index contributed by atoms with van der Waals surface area (Å²) >= 11 is 0. The fourth-order valence-corrected chi connectivity index (χ4v) is 1.25. The van der Waals surface area contributed by atoms with E-state index in [1.54, 1.807) is 0 Å². The minimum absolute atomic E-state index is 0.680. The first-order valence-electron chi connectivity index (χ1n) is 4.53. The lowest BCUT2D eigenvalue weighted by atomic mass is 10.2. The Bertz CT molecular complexity index is 292. The highest BCUT2D eigenvalue weighted by Crippen LogP contribution is 2.13. The molecular formula is C12H15N. The molecule has 1 aromatic rings. The highest BCUT2D eigenvalue weighted by atomic mass is 15.1. The van der Waals surface area contributed by atoms with Crippen LogP contribution in [0.15, 0.2) is 24.3 Å². The van der Waals surface area contributed by atoms with E-state index in [4.69, 9.17) is 6.42 Å². The first kappa shape index (κ1) is 9.67. The first-order valence-corrected chi connectivity index (χ1v) is 4.53. The van der Waals surface area contributed by atoms with Crippen LogP contribution in [0.3, 0.4) is 0 Å². The van der Waals surface area contributed by atoms with Crippen LogP contribution in [0.4, 0.5) is 5.69 Å². The summed E-state index contributed by atoms with van der Waals surface area (Å²) < 4.78 is 0. The molecule has 1 nitrogen and oxygen atoms in total. The molecule has 0 atom stereocenters. The third-order valence-corrected chi connectivity index (χ3v) is 2.06. The molecule has 0 aliphatic carbocycles. The zero-order valence-electron chi connectivity index (χ0n) is 8.25. The van der Waals surface area contributed by atoms with Crippen molar-refractivity contribution in [2.75, 3.05) is 18.0 Å². The molecule has 13 heavy (non-hydrogen) atoms. The van der Waals surface area contributed by atoms with Gasteiger partial charge in [0.1, 0.15) is 0 Å². The maximum absolute atomic E-state index is 5.28. The van der Waals surface area contributed by atoms with Crippen molar-refractivity contribution in [2.24, 2.45) is 0 Å². The number of terminal acetylenes is 1. The Kier molecular flexibility index (Phi) is 3.40. The lowest BCUT2D eigenvalue weighted by molar-refractivity contribution is 0.918. The van der Waals surface area contributed by atoms with Gasteiger partial charge in [0.25, 0.3) is 0 Å². The fraction of sp³-hybridized carbons (Fsp3) is 0.333. The van der Waals surface area contributed by atoms with Crippen molar-refractivity contribution in [3.63, 3.8) is 0 Å². The van der Waals surface area contributed by atoms with E-state index in [1.807, 2.05) is 0 Å². The van der Waals surface area contributed by atoms with Crippen LogP contribution >= 0.6 is 0 Å². The number of nitrogens with zero attached hydrogens (tertiary/aromatic N) is 1. The number of benzene rings is 1. The van der Waals surface area contributed by atoms with Crippen LogP contribution in [0.5, 0.6) is 0 Å². The molecule has 0 saturated heterocycles. The summed E-state index contributed by atoms with van der Waals surface area (Å²) in [5.41, 5.74) is 2.48. The van der Waals surface area contributed by atoms with Crippen LogP contribution in [0.2, 0.25) is 0 Å². The third-order valence-electron chi connectivity index (χ3n) is 2.06. The summed E-state index contributed by atoms with van der Waals surface area (Å²) in [6, 6.07) is 8.43. The molecule has 0 heterocycles. The molecular weight excluding hydrogens is 158 g/mol. The molecule has 1 rings (SSSR count). The van der Waals surface area contributed by atoms with Gasteiger partial charge in [-0.05, 0) is 26.0 Å². The predicted octanol–water partition coefficient (Wildman–Crippen LogP) is 2.45. The Labute approximate surface area is 80.4 Å². The quantitative estimate of drug-likeness (QED) is 0.635. The summed E-state index contributed by atoms with van der Waals surface area (Å²) in [6.45, 7) is 5.82. The standard InChI is InChI=1S/C12H15N/c1-4-10-13(5-2)12-8-6-11(3)7-9-12/h1,6-9H,5,10H2,2-3H3. The Morgan fingerprint density at radius 3 is 2.38 bits per heavy atom. The van der Waals surface area contributed by atoms with E-state index in [1.165, 1.54) is 11.3 Å². The van der Waals surface area contributed by atoms with E-state index < -0.39 is 0 Å². The van der Waals surface area contributed by atoms with Gasteiger partial charge in [-0.25, -0.2) is 0 Å². The minimum atomic E-state index is 0.680. The highest BCUT2D eigenvalue weighted by Gasteiger charge is 2.00. The summed E-state index contributed by atoms with van der Waals surface area (Å²) in [5, 5.41) is 0. The molecule has 0 bridgehead atoms. The monoisotopic (exact) mass is 173 g/mol. The molecule has 0 fully saturated rings. The third kappa shape index (κ3) is 2.52. The normalized spacial score (nSPS) is 9.31. The zero-order chi connectivity index (χ0) is 9.68. The van der Waals surface area contributed by atoms with Gasteiger partial charge in [0.05, 0.1) is 6.54 Å². The van der Waals surface area contributed by atoms with Gasteiger partial charge in [-0.3, -0.25) is 0 Å². The van der Waals surface area contributed by atoms with Crippen molar-refractivity contribution in [2.45, 2.75) is 13.8 Å². The molecule has 0 unspecified atom stereocenters. The van der Waals surface area contributed by atoms with Crippen LogP contribution < -0.4 is 4.90 Å². The Morgan fingerprint density at radius 2 is 1.92 bits per heavy atom. The van der Waals surface area contributed by atoms with Crippen LogP contribution in [0.1, 0.15) is 12.5 Å². The number of hydrogen-bond acceptors (Lipinski definition) is 1. The van der Waals surface area contributed by atoms with Crippen molar-refractivity contribution in [3.8, 4) is 12.3 Å². The van der Waals surface area contributed by atoms with Gasteiger partial charge >= 0.3 is 0 Å². The number of hydrogen-bond donors (Lipinski definition) is 0. The lowest BCUT2D eigenvalue weighted by Crippen LogP contribution is -2.22. The SMILES string of the molecule is C#CCN(CC)c1ccc(C)cc1. The van der Waals surface area contributed by atoms with Crippen molar-refractivity contribution >= 4 is 5.69 Å². The van der Waals surface area contributed by atoms with E-state index in [0.717, 1.165) is 6.54 Å². The zero-order valence-corrected chi connectivity index (χ0v) is 8.25. The van der Waals surface area contributed by atoms with E-state index in [0.29, 0.717) is 6.54 Å². The van der Waals surface area contributed by atoms with Crippen LogP contribution in [-0.2, 0) is 0 Å². The van der Waals surface area contributed by atoms with Crippen LogP contribution in [0, 0.1) is 19.3 Å². The summed E-state index contributed by atoms with van der Waals surface area (Å²) in [6.07, 6.45) is 5.28. The van der Waals surface area contributed by atoms with Crippen LogP contribution in [-0.4, -0.2) is 13.1 Å². The molecule has 0 radical (unpaired) electrons. The van der Waals surface area contributed by atoms with Crippen molar-refractivity contribution < 1.29 is 0 Å². The largest absolute Gasteiger partial charge is 0.361 e. The molecule has 1 aromatic carbocycles. The topological polar surface area (TPSA) is 3.24 Å². The van der Waals surface area contributed by atoms with Crippen molar-refractivity contribution in [3.05, 3.63) is 29.8 Å². The summed E-state index contributed by atoms with van der Waals surface area (Å²) in [4.78, 5) is 2.17. The second-order valence-corrected chi connectivity index (χ2v) is 3.05. The average Bonchev–Trinajstić information content (AvgIpc) is 2.16. The molecule has 68 valence electrons. The van der Waals surface area contributed by atoms with Gasteiger partial charge in [0.2, 0.25) is 0 Å². The average molecular weight is 173 g/mol. The predicted molar refractivity (Wildman–Crippen MR) is 57.9 cm³/mol. The summed E-state index contributed by atoms with van der Waals surface area (Å²) in [5.74, 6) is 2.66. The molecule has 0 aliphatic rings.